The SMILES string of the molecule is CCCC1(C(=O)O)CCN(CC(O)COCCOC)C1. The molecule has 0 bridgehead atoms. The third kappa shape index (κ3) is 5.01. The summed E-state index contributed by atoms with van der Waals surface area (Å²) >= 11 is 0. The summed E-state index contributed by atoms with van der Waals surface area (Å²) in [6, 6.07) is 0. The summed E-state index contributed by atoms with van der Waals surface area (Å²) in [4.78, 5) is 13.5. The Morgan fingerprint density at radius 2 is 2.20 bits per heavy atom. The molecule has 0 spiro atoms. The van der Waals surface area contributed by atoms with Gasteiger partial charge < -0.3 is 19.7 Å². The molecule has 1 aliphatic heterocycles. The highest BCUT2D eigenvalue weighted by atomic mass is 16.5. The Bertz CT molecular complexity index is 299. The predicted octanol–water partition coefficient (Wildman–Crippen LogP) is 0.587. The van der Waals surface area contributed by atoms with Gasteiger partial charge in [-0.25, -0.2) is 0 Å². The van der Waals surface area contributed by atoms with E-state index in [0.29, 0.717) is 39.1 Å². The molecule has 2 unspecified atom stereocenters. The Kier molecular flexibility index (Phi) is 7.43. The number of carboxylic acid groups (broad SMARTS) is 1. The number of rotatable bonds is 10. The third-order valence-electron chi connectivity index (χ3n) is 3.83. The fourth-order valence-electron chi connectivity index (χ4n) is 2.79. The van der Waals surface area contributed by atoms with Gasteiger partial charge in [0.25, 0.3) is 0 Å². The Morgan fingerprint density at radius 1 is 1.45 bits per heavy atom. The van der Waals surface area contributed by atoms with Gasteiger partial charge in [-0.05, 0) is 19.4 Å². The van der Waals surface area contributed by atoms with Crippen LogP contribution in [0.1, 0.15) is 26.2 Å². The second-order valence-corrected chi connectivity index (χ2v) is 5.54. The molecule has 2 atom stereocenters. The fraction of sp³-hybridized carbons (Fsp3) is 0.929. The van der Waals surface area contributed by atoms with E-state index >= 15 is 0 Å². The minimum Gasteiger partial charge on any atom is -0.481 e. The van der Waals surface area contributed by atoms with Crippen LogP contribution in [-0.4, -0.2) is 73.8 Å². The molecule has 1 saturated heterocycles. The molecule has 20 heavy (non-hydrogen) atoms. The molecule has 6 heteroatoms. The molecule has 1 fully saturated rings. The number of hydrogen-bond donors (Lipinski definition) is 2. The quantitative estimate of drug-likeness (QED) is 0.573. The molecule has 0 aromatic rings. The summed E-state index contributed by atoms with van der Waals surface area (Å²) in [5.41, 5.74) is -0.634. The molecule has 118 valence electrons. The van der Waals surface area contributed by atoms with Crippen LogP contribution in [0.15, 0.2) is 0 Å². The maximum atomic E-state index is 11.5. The molecule has 0 aliphatic carbocycles. The van der Waals surface area contributed by atoms with E-state index in [4.69, 9.17) is 9.47 Å². The number of β-amino-alcohol motifs (C(OH)–C–C–N with tert-alkyl or cyclic N) is 1. The van der Waals surface area contributed by atoms with Crippen LogP contribution in [0.5, 0.6) is 0 Å². The number of nitrogens with zero attached hydrogens (tertiary/aromatic N) is 1. The van der Waals surface area contributed by atoms with E-state index in [0.717, 1.165) is 13.0 Å². The van der Waals surface area contributed by atoms with Gasteiger partial charge in [0.1, 0.15) is 0 Å². The highest BCUT2D eigenvalue weighted by molar-refractivity contribution is 5.75. The number of aliphatic carboxylic acids is 1. The van der Waals surface area contributed by atoms with Crippen LogP contribution in [0.3, 0.4) is 0 Å². The van der Waals surface area contributed by atoms with Crippen molar-refractivity contribution in [3.63, 3.8) is 0 Å². The summed E-state index contributed by atoms with van der Waals surface area (Å²) in [6.07, 6.45) is 1.63. The van der Waals surface area contributed by atoms with Gasteiger partial charge in [-0.15, -0.1) is 0 Å². The lowest BCUT2D eigenvalue weighted by atomic mass is 9.83. The molecule has 1 rings (SSSR count). The van der Waals surface area contributed by atoms with E-state index in [2.05, 4.69) is 0 Å². The molecule has 0 aromatic heterocycles. The third-order valence-corrected chi connectivity index (χ3v) is 3.83. The molecule has 1 heterocycles. The van der Waals surface area contributed by atoms with Gasteiger partial charge in [0.15, 0.2) is 0 Å². The van der Waals surface area contributed by atoms with Gasteiger partial charge in [0.2, 0.25) is 0 Å². The van der Waals surface area contributed by atoms with Gasteiger partial charge in [-0.2, -0.15) is 0 Å². The topological polar surface area (TPSA) is 79.2 Å². The molecular weight excluding hydrogens is 262 g/mol. The number of ether oxygens (including phenoxy) is 2. The van der Waals surface area contributed by atoms with Crippen molar-refractivity contribution in [3.05, 3.63) is 0 Å². The van der Waals surface area contributed by atoms with E-state index in [1.807, 2.05) is 11.8 Å². The smallest absolute Gasteiger partial charge is 0.310 e. The highest BCUT2D eigenvalue weighted by Crippen LogP contribution is 2.35. The van der Waals surface area contributed by atoms with Gasteiger partial charge in [0, 0.05) is 20.2 Å². The van der Waals surface area contributed by atoms with Crippen molar-refractivity contribution in [2.24, 2.45) is 5.41 Å². The first-order valence-electron chi connectivity index (χ1n) is 7.24. The standard InChI is InChI=1S/C14H27NO5/c1-3-4-14(13(17)18)5-6-15(11-14)9-12(16)10-20-8-7-19-2/h12,16H,3-11H2,1-2H3,(H,17,18). The Hall–Kier alpha value is -0.690. The minimum absolute atomic E-state index is 0.258. The van der Waals surface area contributed by atoms with Crippen molar-refractivity contribution >= 4 is 5.97 Å². The largest absolute Gasteiger partial charge is 0.481 e. The van der Waals surface area contributed by atoms with Crippen LogP contribution in [0.25, 0.3) is 0 Å². The first-order valence-corrected chi connectivity index (χ1v) is 7.24. The zero-order valence-electron chi connectivity index (χ0n) is 12.5. The average molecular weight is 289 g/mol. The van der Waals surface area contributed by atoms with Crippen LogP contribution in [-0.2, 0) is 14.3 Å². The van der Waals surface area contributed by atoms with E-state index in [9.17, 15) is 15.0 Å². The maximum Gasteiger partial charge on any atom is 0.310 e. The van der Waals surface area contributed by atoms with Crippen molar-refractivity contribution in [1.29, 1.82) is 0 Å². The molecular formula is C14H27NO5. The molecule has 0 radical (unpaired) electrons. The van der Waals surface area contributed by atoms with Crippen LogP contribution in [0, 0.1) is 5.41 Å². The van der Waals surface area contributed by atoms with E-state index < -0.39 is 17.5 Å². The monoisotopic (exact) mass is 289 g/mol. The number of aliphatic hydroxyl groups excluding tert-OH is 1. The van der Waals surface area contributed by atoms with Crippen LogP contribution in [0.4, 0.5) is 0 Å². The molecule has 1 aliphatic rings. The lowest BCUT2D eigenvalue weighted by Gasteiger charge is -2.25. The van der Waals surface area contributed by atoms with Crippen molar-refractivity contribution in [2.45, 2.75) is 32.3 Å². The minimum atomic E-state index is -0.715. The lowest BCUT2D eigenvalue weighted by molar-refractivity contribution is -0.148. The average Bonchev–Trinajstić information content (AvgIpc) is 2.80. The van der Waals surface area contributed by atoms with Gasteiger partial charge in [-0.3, -0.25) is 9.69 Å². The maximum absolute atomic E-state index is 11.5. The number of methoxy groups -OCH3 is 1. The van der Waals surface area contributed by atoms with E-state index in [1.54, 1.807) is 7.11 Å². The van der Waals surface area contributed by atoms with Crippen LogP contribution in [0.2, 0.25) is 0 Å². The first-order chi connectivity index (χ1) is 9.54. The van der Waals surface area contributed by atoms with Gasteiger partial charge in [-0.1, -0.05) is 13.3 Å². The van der Waals surface area contributed by atoms with Crippen molar-refractivity contribution < 1.29 is 24.5 Å². The molecule has 0 amide bonds. The lowest BCUT2D eigenvalue weighted by Crippen LogP contribution is -2.38. The number of carbonyl (C=O) groups is 1. The van der Waals surface area contributed by atoms with Gasteiger partial charge in [0.05, 0.1) is 31.3 Å². The summed E-state index contributed by atoms with van der Waals surface area (Å²) in [7, 11) is 1.60. The first kappa shape index (κ1) is 17.4. The van der Waals surface area contributed by atoms with E-state index in [1.165, 1.54) is 0 Å². The fourth-order valence-corrected chi connectivity index (χ4v) is 2.79. The Labute approximate surface area is 120 Å². The van der Waals surface area contributed by atoms with Crippen molar-refractivity contribution in [2.75, 3.05) is 46.6 Å². The van der Waals surface area contributed by atoms with Crippen LogP contribution < -0.4 is 0 Å². The number of carboxylic acids is 1. The zero-order valence-corrected chi connectivity index (χ0v) is 12.5. The number of hydrogen-bond acceptors (Lipinski definition) is 5. The summed E-state index contributed by atoms with van der Waals surface area (Å²) in [5, 5.41) is 19.3. The van der Waals surface area contributed by atoms with Gasteiger partial charge >= 0.3 is 5.97 Å². The summed E-state index contributed by atoms with van der Waals surface area (Å²) in [6.45, 7) is 4.94. The second kappa shape index (κ2) is 8.56. The van der Waals surface area contributed by atoms with Crippen molar-refractivity contribution in [1.82, 2.24) is 4.90 Å². The summed E-state index contributed by atoms with van der Waals surface area (Å²) in [5.74, 6) is -0.715. The Morgan fingerprint density at radius 3 is 2.80 bits per heavy atom. The van der Waals surface area contributed by atoms with Crippen molar-refractivity contribution in [3.8, 4) is 0 Å². The second-order valence-electron chi connectivity index (χ2n) is 5.54. The molecule has 6 nitrogen and oxygen atoms in total. The highest BCUT2D eigenvalue weighted by Gasteiger charge is 2.44. The number of likely N-dealkylation sites (tertiary alicyclic amines) is 1. The predicted molar refractivity (Wildman–Crippen MR) is 74.7 cm³/mol. The molecule has 2 N–H and O–H groups in total. The normalized spacial score (nSPS) is 24.9. The van der Waals surface area contributed by atoms with E-state index in [-0.39, 0.29) is 6.61 Å². The van der Waals surface area contributed by atoms with Crippen LogP contribution >= 0.6 is 0 Å². The molecule has 0 aromatic carbocycles. The zero-order chi connectivity index (χ0) is 15.0. The Balaban J connectivity index is 2.34. The molecule has 0 saturated carbocycles. The number of aliphatic hydroxyl groups is 1. The summed E-state index contributed by atoms with van der Waals surface area (Å²) < 4.78 is 10.1.